The summed E-state index contributed by atoms with van der Waals surface area (Å²) in [6.45, 7) is 0. The van der Waals surface area contributed by atoms with E-state index >= 15 is 0 Å². The lowest BCUT2D eigenvalue weighted by Crippen LogP contribution is -2.11. The summed E-state index contributed by atoms with van der Waals surface area (Å²) in [6.07, 6.45) is 0. The van der Waals surface area contributed by atoms with E-state index in [1.165, 1.54) is 78.1 Å². The van der Waals surface area contributed by atoms with Gasteiger partial charge in [-0.05, 0) is 105 Å². The second-order valence-electron chi connectivity index (χ2n) is 14.5. The first-order chi connectivity index (χ1) is 27.8. The smallest absolute Gasteiger partial charge is 0.0540 e. The van der Waals surface area contributed by atoms with E-state index in [-0.39, 0.29) is 0 Å². The molecule has 0 spiro atoms. The standard InChI is InChI=1S/C54H36N2/c1-3-15-37(16-4-1)38-27-31-42(32-28-38)56-52-26-14-12-24-48(52)44-20-8-10-22-46(44)50-36-40(30-34-54(50)56)39-29-33-53-49(35-39)45-21-9-7-19-43(45)47-23-11-13-25-51(47)55(53)41-17-5-2-6-18-41/h1-36H. The van der Waals surface area contributed by atoms with Crippen molar-refractivity contribution in [3.8, 4) is 66.8 Å². The van der Waals surface area contributed by atoms with Crippen LogP contribution in [0.5, 0.6) is 0 Å². The van der Waals surface area contributed by atoms with Crippen LogP contribution in [0.25, 0.3) is 66.8 Å². The van der Waals surface area contributed by atoms with Crippen LogP contribution in [-0.4, -0.2) is 0 Å². The molecule has 0 saturated carbocycles. The fourth-order valence-corrected chi connectivity index (χ4v) is 8.78. The zero-order valence-corrected chi connectivity index (χ0v) is 30.7. The van der Waals surface area contributed by atoms with Crippen LogP contribution in [0.3, 0.4) is 0 Å². The van der Waals surface area contributed by atoms with Gasteiger partial charge in [0.2, 0.25) is 0 Å². The van der Waals surface area contributed by atoms with Gasteiger partial charge in [-0.25, -0.2) is 0 Å². The van der Waals surface area contributed by atoms with Crippen LogP contribution >= 0.6 is 0 Å². The number of hydrogen-bond donors (Lipinski definition) is 0. The molecule has 2 aliphatic heterocycles. The molecule has 9 aromatic rings. The third-order valence-corrected chi connectivity index (χ3v) is 11.4. The minimum absolute atomic E-state index is 1.13. The predicted octanol–water partition coefficient (Wildman–Crippen LogP) is 15.3. The predicted molar refractivity (Wildman–Crippen MR) is 236 cm³/mol. The van der Waals surface area contributed by atoms with E-state index in [0.717, 1.165) is 22.7 Å². The molecule has 0 aromatic heterocycles. The maximum absolute atomic E-state index is 2.44. The molecular formula is C54H36N2. The second kappa shape index (κ2) is 13.2. The van der Waals surface area contributed by atoms with Crippen molar-refractivity contribution in [3.63, 3.8) is 0 Å². The highest BCUT2D eigenvalue weighted by molar-refractivity contribution is 6.05. The zero-order chi connectivity index (χ0) is 37.0. The van der Waals surface area contributed by atoms with Crippen LogP contribution in [0.15, 0.2) is 218 Å². The third-order valence-electron chi connectivity index (χ3n) is 11.4. The Morgan fingerprint density at radius 2 is 0.518 bits per heavy atom. The summed E-state index contributed by atoms with van der Waals surface area (Å²) in [6, 6.07) is 79.7. The van der Waals surface area contributed by atoms with Gasteiger partial charge in [0.15, 0.2) is 0 Å². The van der Waals surface area contributed by atoms with E-state index in [1.54, 1.807) is 0 Å². The Bertz CT molecular complexity index is 2910. The first kappa shape index (κ1) is 32.0. The topological polar surface area (TPSA) is 6.48 Å². The van der Waals surface area contributed by atoms with Gasteiger partial charge in [0, 0.05) is 33.6 Å². The summed E-state index contributed by atoms with van der Waals surface area (Å²) in [7, 11) is 0. The number of nitrogens with zero attached hydrogens (tertiary/aromatic N) is 2. The summed E-state index contributed by atoms with van der Waals surface area (Å²) >= 11 is 0. The van der Waals surface area contributed by atoms with Gasteiger partial charge in [-0.3, -0.25) is 0 Å². The monoisotopic (exact) mass is 712 g/mol. The molecule has 2 heterocycles. The minimum atomic E-state index is 1.13. The molecule has 0 bridgehead atoms. The van der Waals surface area contributed by atoms with Gasteiger partial charge in [0.05, 0.1) is 22.7 Å². The average Bonchev–Trinajstić information content (AvgIpc) is 3.48. The Morgan fingerprint density at radius 3 is 1.00 bits per heavy atom. The molecule has 11 rings (SSSR count). The van der Waals surface area contributed by atoms with Crippen LogP contribution in [-0.2, 0) is 0 Å². The van der Waals surface area contributed by atoms with Gasteiger partial charge in [0.25, 0.3) is 0 Å². The summed E-state index contributed by atoms with van der Waals surface area (Å²) in [5, 5.41) is 0. The van der Waals surface area contributed by atoms with Crippen molar-refractivity contribution in [2.45, 2.75) is 0 Å². The fourth-order valence-electron chi connectivity index (χ4n) is 8.78. The molecule has 9 aromatic carbocycles. The number of benzene rings is 9. The SMILES string of the molecule is c1ccc(-c2ccc(N3c4ccccc4-c4ccccc4-c4cc(-c5ccc6c(c5)-c5ccccc5-c5ccccc5N6c5ccccc5)ccc43)cc2)cc1. The van der Waals surface area contributed by atoms with E-state index in [1.807, 2.05) is 0 Å². The molecule has 0 fully saturated rings. The van der Waals surface area contributed by atoms with Gasteiger partial charge in [-0.1, -0.05) is 158 Å². The Labute approximate surface area is 327 Å². The lowest BCUT2D eigenvalue weighted by molar-refractivity contribution is 1.29. The van der Waals surface area contributed by atoms with Crippen molar-refractivity contribution in [2.24, 2.45) is 0 Å². The first-order valence-electron chi connectivity index (χ1n) is 19.3. The summed E-state index contributed by atoms with van der Waals surface area (Å²) in [5.74, 6) is 0. The number of rotatable bonds is 4. The van der Waals surface area contributed by atoms with Gasteiger partial charge in [-0.15, -0.1) is 0 Å². The van der Waals surface area contributed by atoms with Crippen molar-refractivity contribution >= 4 is 34.1 Å². The molecule has 0 aliphatic carbocycles. The van der Waals surface area contributed by atoms with Crippen LogP contribution in [0, 0.1) is 0 Å². The molecule has 0 radical (unpaired) electrons. The Kier molecular flexibility index (Phi) is 7.53. The highest BCUT2D eigenvalue weighted by Crippen LogP contribution is 2.54. The van der Waals surface area contributed by atoms with E-state index in [2.05, 4.69) is 228 Å². The number of anilines is 6. The van der Waals surface area contributed by atoms with Crippen molar-refractivity contribution in [1.29, 1.82) is 0 Å². The van der Waals surface area contributed by atoms with E-state index in [9.17, 15) is 0 Å². The van der Waals surface area contributed by atoms with Crippen molar-refractivity contribution in [2.75, 3.05) is 9.80 Å². The fraction of sp³-hybridized carbons (Fsp3) is 0. The Morgan fingerprint density at radius 1 is 0.196 bits per heavy atom. The molecule has 2 heteroatoms. The maximum atomic E-state index is 2.44. The largest absolute Gasteiger partial charge is 0.309 e. The van der Waals surface area contributed by atoms with E-state index in [0.29, 0.717) is 0 Å². The van der Waals surface area contributed by atoms with Gasteiger partial charge < -0.3 is 9.80 Å². The molecule has 56 heavy (non-hydrogen) atoms. The van der Waals surface area contributed by atoms with Gasteiger partial charge in [-0.2, -0.15) is 0 Å². The van der Waals surface area contributed by atoms with Crippen molar-refractivity contribution in [3.05, 3.63) is 218 Å². The first-order valence-corrected chi connectivity index (χ1v) is 19.3. The molecule has 262 valence electrons. The van der Waals surface area contributed by atoms with E-state index < -0.39 is 0 Å². The normalized spacial score (nSPS) is 12.2. The molecule has 0 N–H and O–H groups in total. The zero-order valence-electron chi connectivity index (χ0n) is 30.7. The van der Waals surface area contributed by atoms with Gasteiger partial charge in [0.1, 0.15) is 0 Å². The summed E-state index contributed by atoms with van der Waals surface area (Å²) in [5.41, 5.74) is 21.5. The lowest BCUT2D eigenvalue weighted by atomic mass is 9.90. The Hall–Kier alpha value is -7.42. The molecule has 0 amide bonds. The Balaban J connectivity index is 1.10. The molecule has 0 saturated heterocycles. The van der Waals surface area contributed by atoms with E-state index in [4.69, 9.17) is 0 Å². The molecule has 2 aliphatic rings. The number of hydrogen-bond acceptors (Lipinski definition) is 2. The third kappa shape index (κ3) is 5.19. The quantitative estimate of drug-likeness (QED) is 0.179. The second-order valence-corrected chi connectivity index (χ2v) is 14.5. The highest BCUT2D eigenvalue weighted by atomic mass is 15.2. The number of para-hydroxylation sites is 3. The average molecular weight is 713 g/mol. The summed E-state index contributed by atoms with van der Waals surface area (Å²) < 4.78 is 0. The van der Waals surface area contributed by atoms with Crippen LogP contribution in [0.4, 0.5) is 34.1 Å². The lowest BCUT2D eigenvalue weighted by Gasteiger charge is -2.28. The maximum Gasteiger partial charge on any atom is 0.0540 e. The minimum Gasteiger partial charge on any atom is -0.309 e. The van der Waals surface area contributed by atoms with Crippen LogP contribution in [0.2, 0.25) is 0 Å². The molecule has 0 unspecified atom stereocenters. The van der Waals surface area contributed by atoms with Crippen LogP contribution in [0.1, 0.15) is 0 Å². The van der Waals surface area contributed by atoms with Crippen LogP contribution < -0.4 is 9.80 Å². The summed E-state index contributed by atoms with van der Waals surface area (Å²) in [4.78, 5) is 4.85. The van der Waals surface area contributed by atoms with Crippen molar-refractivity contribution in [1.82, 2.24) is 0 Å². The van der Waals surface area contributed by atoms with Gasteiger partial charge >= 0.3 is 0 Å². The number of fused-ring (bicyclic) bond motifs is 10. The molecular weight excluding hydrogens is 677 g/mol. The molecule has 0 atom stereocenters. The molecule has 2 nitrogen and oxygen atoms in total. The highest BCUT2D eigenvalue weighted by Gasteiger charge is 2.28. The van der Waals surface area contributed by atoms with Crippen molar-refractivity contribution < 1.29 is 0 Å².